The molecule has 0 fully saturated rings. The third-order valence-electron chi connectivity index (χ3n) is 3.52. The molecule has 0 aliphatic carbocycles. The Hall–Kier alpha value is -2.75. The maximum atomic E-state index is 12.9. The van der Waals surface area contributed by atoms with Gasteiger partial charge in [-0.15, -0.1) is 0 Å². The molecule has 0 N–H and O–H groups in total. The molecule has 0 bridgehead atoms. The standard InChI is InChI=1S/C18H15FN2O/c1-12-3-9-16(10-4-12)21-18(22)17(13(2)20-21)11-14-5-7-15(19)8-6-14/h3-11H,1-2H3/b17-11-. The van der Waals surface area contributed by atoms with Crippen molar-refractivity contribution < 1.29 is 9.18 Å². The zero-order valence-electron chi connectivity index (χ0n) is 12.4. The average molecular weight is 294 g/mol. The average Bonchev–Trinajstić information content (AvgIpc) is 2.78. The van der Waals surface area contributed by atoms with Crippen molar-refractivity contribution in [2.45, 2.75) is 13.8 Å². The van der Waals surface area contributed by atoms with E-state index in [1.807, 2.05) is 31.2 Å². The summed E-state index contributed by atoms with van der Waals surface area (Å²) in [7, 11) is 0. The Kier molecular flexibility index (Phi) is 3.59. The Labute approximate surface area is 128 Å². The van der Waals surface area contributed by atoms with Gasteiger partial charge in [0.2, 0.25) is 0 Å². The summed E-state index contributed by atoms with van der Waals surface area (Å²) in [5.74, 6) is -0.475. The zero-order valence-corrected chi connectivity index (χ0v) is 12.4. The summed E-state index contributed by atoms with van der Waals surface area (Å²) in [4.78, 5) is 12.5. The predicted octanol–water partition coefficient (Wildman–Crippen LogP) is 3.94. The van der Waals surface area contributed by atoms with Crippen LogP contribution < -0.4 is 5.01 Å². The molecule has 22 heavy (non-hydrogen) atoms. The van der Waals surface area contributed by atoms with Crippen LogP contribution in [0.3, 0.4) is 0 Å². The van der Waals surface area contributed by atoms with E-state index in [0.29, 0.717) is 11.3 Å². The maximum absolute atomic E-state index is 12.9. The number of rotatable bonds is 2. The molecule has 0 saturated heterocycles. The van der Waals surface area contributed by atoms with Gasteiger partial charge in [0.05, 0.1) is 17.0 Å². The lowest BCUT2D eigenvalue weighted by molar-refractivity contribution is -0.114. The minimum atomic E-state index is -0.299. The second-order valence-corrected chi connectivity index (χ2v) is 5.25. The van der Waals surface area contributed by atoms with Crippen molar-refractivity contribution in [2.24, 2.45) is 5.10 Å². The summed E-state index contributed by atoms with van der Waals surface area (Å²) < 4.78 is 12.9. The van der Waals surface area contributed by atoms with E-state index >= 15 is 0 Å². The van der Waals surface area contributed by atoms with Gasteiger partial charge in [-0.25, -0.2) is 4.39 Å². The van der Waals surface area contributed by atoms with Crippen LogP contribution in [0.5, 0.6) is 0 Å². The Morgan fingerprint density at radius 3 is 2.27 bits per heavy atom. The third kappa shape index (κ3) is 2.68. The van der Waals surface area contributed by atoms with E-state index in [9.17, 15) is 9.18 Å². The van der Waals surface area contributed by atoms with Crippen LogP contribution in [0.25, 0.3) is 6.08 Å². The summed E-state index contributed by atoms with van der Waals surface area (Å²) in [6.45, 7) is 3.78. The van der Waals surface area contributed by atoms with Crippen molar-refractivity contribution in [1.82, 2.24) is 0 Å². The molecule has 0 saturated carbocycles. The number of hydrogen-bond acceptors (Lipinski definition) is 2. The van der Waals surface area contributed by atoms with Crippen molar-refractivity contribution in [1.29, 1.82) is 0 Å². The SMILES string of the molecule is CC1=NN(c2ccc(C)cc2)C(=O)/C1=C\c1ccc(F)cc1. The summed E-state index contributed by atoms with van der Waals surface area (Å²) >= 11 is 0. The summed E-state index contributed by atoms with van der Waals surface area (Å²) in [5.41, 5.74) is 3.79. The van der Waals surface area contributed by atoms with Crippen LogP contribution in [0.2, 0.25) is 0 Å². The van der Waals surface area contributed by atoms with E-state index in [0.717, 1.165) is 16.8 Å². The Balaban J connectivity index is 1.92. The zero-order chi connectivity index (χ0) is 15.7. The van der Waals surface area contributed by atoms with Gasteiger partial charge in [-0.05, 0) is 49.8 Å². The van der Waals surface area contributed by atoms with Crippen LogP contribution in [0.1, 0.15) is 18.1 Å². The Bertz CT molecular complexity index is 774. The van der Waals surface area contributed by atoms with E-state index in [4.69, 9.17) is 0 Å². The first-order valence-corrected chi connectivity index (χ1v) is 6.98. The van der Waals surface area contributed by atoms with Crippen molar-refractivity contribution in [2.75, 3.05) is 5.01 Å². The molecular weight excluding hydrogens is 279 g/mol. The number of amides is 1. The fourth-order valence-corrected chi connectivity index (χ4v) is 2.27. The number of hydrazone groups is 1. The summed E-state index contributed by atoms with van der Waals surface area (Å²) in [5, 5.41) is 5.72. The van der Waals surface area contributed by atoms with Crippen LogP contribution in [0.15, 0.2) is 59.2 Å². The predicted molar refractivity (Wildman–Crippen MR) is 86.2 cm³/mol. The number of anilines is 1. The Morgan fingerprint density at radius 2 is 1.64 bits per heavy atom. The largest absolute Gasteiger partial charge is 0.280 e. The molecular formula is C18H15FN2O. The number of hydrogen-bond donors (Lipinski definition) is 0. The molecule has 0 aromatic heterocycles. The van der Waals surface area contributed by atoms with Gasteiger partial charge in [0.1, 0.15) is 5.82 Å². The topological polar surface area (TPSA) is 32.7 Å². The number of carbonyl (C=O) groups excluding carboxylic acids is 1. The van der Waals surface area contributed by atoms with E-state index in [1.54, 1.807) is 25.1 Å². The number of nitrogens with zero attached hydrogens (tertiary/aromatic N) is 2. The molecule has 0 spiro atoms. The minimum Gasteiger partial charge on any atom is -0.267 e. The maximum Gasteiger partial charge on any atom is 0.280 e. The van der Waals surface area contributed by atoms with Crippen LogP contribution in [-0.2, 0) is 4.79 Å². The quantitative estimate of drug-likeness (QED) is 0.772. The second-order valence-electron chi connectivity index (χ2n) is 5.25. The molecule has 3 rings (SSSR count). The molecule has 1 aliphatic heterocycles. The molecule has 110 valence electrons. The minimum absolute atomic E-state index is 0.175. The highest BCUT2D eigenvalue weighted by atomic mass is 19.1. The molecule has 1 aliphatic rings. The number of benzene rings is 2. The molecule has 4 heteroatoms. The van der Waals surface area contributed by atoms with Gasteiger partial charge < -0.3 is 0 Å². The lowest BCUT2D eigenvalue weighted by atomic mass is 10.1. The number of carbonyl (C=O) groups is 1. The van der Waals surface area contributed by atoms with Crippen molar-refractivity contribution in [3.63, 3.8) is 0 Å². The normalized spacial score (nSPS) is 16.3. The molecule has 2 aromatic carbocycles. The van der Waals surface area contributed by atoms with Gasteiger partial charge in [0.15, 0.2) is 0 Å². The lowest BCUT2D eigenvalue weighted by Crippen LogP contribution is -2.21. The van der Waals surface area contributed by atoms with Gasteiger partial charge in [-0.1, -0.05) is 29.8 Å². The van der Waals surface area contributed by atoms with E-state index in [1.165, 1.54) is 17.1 Å². The van der Waals surface area contributed by atoms with Crippen LogP contribution in [-0.4, -0.2) is 11.6 Å². The first-order valence-electron chi connectivity index (χ1n) is 6.98. The number of aryl methyl sites for hydroxylation is 1. The van der Waals surface area contributed by atoms with E-state index in [-0.39, 0.29) is 11.7 Å². The fourth-order valence-electron chi connectivity index (χ4n) is 2.27. The Morgan fingerprint density at radius 1 is 1.00 bits per heavy atom. The van der Waals surface area contributed by atoms with Gasteiger partial charge >= 0.3 is 0 Å². The molecule has 2 aromatic rings. The first-order chi connectivity index (χ1) is 10.5. The highest BCUT2D eigenvalue weighted by Crippen LogP contribution is 2.25. The summed E-state index contributed by atoms with van der Waals surface area (Å²) in [6, 6.07) is 13.6. The van der Waals surface area contributed by atoms with Crippen molar-refractivity contribution in [3.05, 3.63) is 71.0 Å². The molecule has 0 radical (unpaired) electrons. The summed E-state index contributed by atoms with van der Waals surface area (Å²) in [6.07, 6.45) is 1.73. The van der Waals surface area contributed by atoms with Gasteiger partial charge in [0, 0.05) is 0 Å². The lowest BCUT2D eigenvalue weighted by Gasteiger charge is -2.11. The monoisotopic (exact) mass is 294 g/mol. The third-order valence-corrected chi connectivity index (χ3v) is 3.52. The van der Waals surface area contributed by atoms with Gasteiger partial charge in [-0.3, -0.25) is 4.79 Å². The van der Waals surface area contributed by atoms with Crippen molar-refractivity contribution >= 4 is 23.4 Å². The van der Waals surface area contributed by atoms with E-state index < -0.39 is 0 Å². The molecule has 1 heterocycles. The second kappa shape index (κ2) is 5.56. The molecule has 1 amide bonds. The highest BCUT2D eigenvalue weighted by Gasteiger charge is 2.28. The highest BCUT2D eigenvalue weighted by molar-refractivity contribution is 6.32. The smallest absolute Gasteiger partial charge is 0.267 e. The number of halogens is 1. The van der Waals surface area contributed by atoms with Gasteiger partial charge in [-0.2, -0.15) is 10.1 Å². The van der Waals surface area contributed by atoms with E-state index in [2.05, 4.69) is 5.10 Å². The molecule has 0 unspecified atom stereocenters. The van der Waals surface area contributed by atoms with Crippen LogP contribution in [0, 0.1) is 12.7 Å². The van der Waals surface area contributed by atoms with Crippen molar-refractivity contribution in [3.8, 4) is 0 Å². The molecule has 3 nitrogen and oxygen atoms in total. The fraction of sp³-hybridized carbons (Fsp3) is 0.111. The van der Waals surface area contributed by atoms with Crippen LogP contribution >= 0.6 is 0 Å². The van der Waals surface area contributed by atoms with Gasteiger partial charge in [0.25, 0.3) is 5.91 Å². The van der Waals surface area contributed by atoms with Crippen LogP contribution in [0.4, 0.5) is 10.1 Å². The first kappa shape index (κ1) is 14.2. The molecule has 0 atom stereocenters.